The van der Waals surface area contributed by atoms with E-state index in [0.29, 0.717) is 0 Å². The summed E-state index contributed by atoms with van der Waals surface area (Å²) in [7, 11) is 2.01. The summed E-state index contributed by atoms with van der Waals surface area (Å²) in [5.74, 6) is 0.941. The number of benzene rings is 2. The normalized spacial score (nSPS) is 12.2. The number of nitrogens with one attached hydrogen (secondary N) is 1. The third-order valence-corrected chi connectivity index (χ3v) is 3.93. The highest BCUT2D eigenvalue weighted by atomic mass is 16.5. The van der Waals surface area contributed by atoms with Crippen LogP contribution in [0.4, 0.5) is 0 Å². The lowest BCUT2D eigenvalue weighted by atomic mass is 9.93. The van der Waals surface area contributed by atoms with Crippen LogP contribution in [0.2, 0.25) is 0 Å². The van der Waals surface area contributed by atoms with Crippen molar-refractivity contribution in [3.63, 3.8) is 0 Å². The second-order valence-corrected chi connectivity index (χ2v) is 5.43. The van der Waals surface area contributed by atoms with E-state index < -0.39 is 0 Å². The van der Waals surface area contributed by atoms with Crippen molar-refractivity contribution in [1.29, 1.82) is 0 Å². The van der Waals surface area contributed by atoms with Crippen LogP contribution >= 0.6 is 0 Å². The molecule has 1 N–H and O–H groups in total. The van der Waals surface area contributed by atoms with Gasteiger partial charge in [0, 0.05) is 0 Å². The van der Waals surface area contributed by atoms with Crippen molar-refractivity contribution >= 4 is 0 Å². The van der Waals surface area contributed by atoms with Crippen molar-refractivity contribution in [2.45, 2.75) is 33.2 Å². The minimum atomic E-state index is 0.213. The van der Waals surface area contributed by atoms with Crippen LogP contribution in [0.5, 0.6) is 5.75 Å². The zero-order valence-corrected chi connectivity index (χ0v) is 13.4. The average Bonchev–Trinajstić information content (AvgIpc) is 2.51. The summed E-state index contributed by atoms with van der Waals surface area (Å²) in [6, 6.07) is 15.1. The summed E-state index contributed by atoms with van der Waals surface area (Å²) in [4.78, 5) is 0. The maximum atomic E-state index is 5.65. The van der Waals surface area contributed by atoms with Gasteiger partial charge in [0.15, 0.2) is 0 Å². The van der Waals surface area contributed by atoms with Crippen LogP contribution in [0.25, 0.3) is 0 Å². The Labute approximate surface area is 128 Å². The fourth-order valence-corrected chi connectivity index (χ4v) is 2.56. The molecule has 0 aliphatic carbocycles. The first-order valence-corrected chi connectivity index (χ1v) is 7.63. The van der Waals surface area contributed by atoms with Gasteiger partial charge in [-0.05, 0) is 61.7 Å². The van der Waals surface area contributed by atoms with Crippen molar-refractivity contribution in [2.24, 2.45) is 0 Å². The van der Waals surface area contributed by atoms with Crippen molar-refractivity contribution in [2.75, 3.05) is 13.7 Å². The molecule has 0 spiro atoms. The summed E-state index contributed by atoms with van der Waals surface area (Å²) >= 11 is 0. The van der Waals surface area contributed by atoms with E-state index in [0.717, 1.165) is 18.8 Å². The Morgan fingerprint density at radius 1 is 1.05 bits per heavy atom. The second-order valence-electron chi connectivity index (χ2n) is 5.43. The van der Waals surface area contributed by atoms with Crippen LogP contribution in [0.3, 0.4) is 0 Å². The summed E-state index contributed by atoms with van der Waals surface area (Å²) in [6.45, 7) is 7.23. The van der Waals surface area contributed by atoms with E-state index in [1.165, 1.54) is 22.3 Å². The van der Waals surface area contributed by atoms with Crippen LogP contribution in [0, 0.1) is 13.8 Å². The minimum absolute atomic E-state index is 0.213. The van der Waals surface area contributed by atoms with Crippen molar-refractivity contribution in [3.8, 4) is 5.75 Å². The lowest BCUT2D eigenvalue weighted by Gasteiger charge is -2.21. The molecule has 112 valence electrons. The number of aryl methyl sites for hydroxylation is 1. The molecule has 0 radical (unpaired) electrons. The molecule has 0 aliphatic heterocycles. The third-order valence-electron chi connectivity index (χ3n) is 3.93. The van der Waals surface area contributed by atoms with Gasteiger partial charge in [0.2, 0.25) is 0 Å². The Morgan fingerprint density at radius 3 is 2.38 bits per heavy atom. The Bertz CT molecular complexity index is 575. The standard InChI is InChI=1S/C19H25NO/c1-5-13-21-17-11-9-16(10-12-17)19(20-4)18-8-6-7-14(2)15(18)3/h6-12,19-20H,5,13H2,1-4H3. The van der Waals surface area contributed by atoms with Gasteiger partial charge in [-0.15, -0.1) is 0 Å². The van der Waals surface area contributed by atoms with Crippen molar-refractivity contribution < 1.29 is 4.74 Å². The molecule has 2 heteroatoms. The van der Waals surface area contributed by atoms with Crippen LogP contribution in [-0.2, 0) is 0 Å². The quantitative estimate of drug-likeness (QED) is 0.848. The van der Waals surface area contributed by atoms with E-state index in [4.69, 9.17) is 4.74 Å². The maximum Gasteiger partial charge on any atom is 0.119 e. The molecule has 0 aromatic heterocycles. The molecule has 1 unspecified atom stereocenters. The van der Waals surface area contributed by atoms with Crippen LogP contribution in [0.1, 0.15) is 41.6 Å². The lowest BCUT2D eigenvalue weighted by molar-refractivity contribution is 0.317. The summed E-state index contributed by atoms with van der Waals surface area (Å²) in [5.41, 5.74) is 5.27. The molecule has 2 aromatic rings. The number of hydrogen-bond acceptors (Lipinski definition) is 2. The van der Waals surface area contributed by atoms with Crippen LogP contribution in [-0.4, -0.2) is 13.7 Å². The van der Waals surface area contributed by atoms with E-state index in [1.807, 2.05) is 7.05 Å². The number of rotatable bonds is 6. The molecule has 2 rings (SSSR count). The monoisotopic (exact) mass is 283 g/mol. The highest BCUT2D eigenvalue weighted by Crippen LogP contribution is 2.27. The smallest absolute Gasteiger partial charge is 0.119 e. The SMILES string of the molecule is CCCOc1ccc(C(NC)c2cccc(C)c2C)cc1. The van der Waals surface area contributed by atoms with Gasteiger partial charge >= 0.3 is 0 Å². The van der Waals surface area contributed by atoms with Gasteiger partial charge < -0.3 is 10.1 Å². The van der Waals surface area contributed by atoms with Gasteiger partial charge in [-0.2, -0.15) is 0 Å². The summed E-state index contributed by atoms with van der Waals surface area (Å²) in [6.07, 6.45) is 1.03. The molecule has 1 atom stereocenters. The average molecular weight is 283 g/mol. The van der Waals surface area contributed by atoms with Gasteiger partial charge in [0.1, 0.15) is 5.75 Å². The predicted molar refractivity (Wildman–Crippen MR) is 89.0 cm³/mol. The number of ether oxygens (including phenoxy) is 1. The van der Waals surface area contributed by atoms with Crippen LogP contribution < -0.4 is 10.1 Å². The van der Waals surface area contributed by atoms with E-state index in [9.17, 15) is 0 Å². The highest BCUT2D eigenvalue weighted by molar-refractivity contribution is 5.41. The first-order valence-electron chi connectivity index (χ1n) is 7.63. The molecule has 2 nitrogen and oxygen atoms in total. The molecule has 0 saturated heterocycles. The zero-order chi connectivity index (χ0) is 15.2. The largest absolute Gasteiger partial charge is 0.494 e. The van der Waals surface area contributed by atoms with Gasteiger partial charge in [0.05, 0.1) is 12.6 Å². The molecule has 21 heavy (non-hydrogen) atoms. The molecule has 2 aromatic carbocycles. The van der Waals surface area contributed by atoms with Gasteiger partial charge in [-0.3, -0.25) is 0 Å². The molecule has 0 aliphatic rings. The minimum Gasteiger partial charge on any atom is -0.494 e. The fraction of sp³-hybridized carbons (Fsp3) is 0.368. The molecule has 0 bridgehead atoms. The van der Waals surface area contributed by atoms with E-state index in [1.54, 1.807) is 0 Å². The Balaban J connectivity index is 2.27. The summed E-state index contributed by atoms with van der Waals surface area (Å²) < 4.78 is 5.65. The Hall–Kier alpha value is -1.80. The second kappa shape index (κ2) is 7.28. The molecule has 0 fully saturated rings. The third kappa shape index (κ3) is 3.64. The molecular weight excluding hydrogens is 258 g/mol. The van der Waals surface area contributed by atoms with E-state index in [2.05, 4.69) is 68.6 Å². The molecule has 0 heterocycles. The van der Waals surface area contributed by atoms with Crippen LogP contribution in [0.15, 0.2) is 42.5 Å². The molecule has 0 amide bonds. The Kier molecular flexibility index (Phi) is 5.40. The molecular formula is C19H25NO. The van der Waals surface area contributed by atoms with Gasteiger partial charge in [0.25, 0.3) is 0 Å². The Morgan fingerprint density at radius 2 is 1.76 bits per heavy atom. The predicted octanol–water partition coefficient (Wildman–Crippen LogP) is 4.40. The maximum absolute atomic E-state index is 5.65. The van der Waals surface area contributed by atoms with E-state index in [-0.39, 0.29) is 6.04 Å². The van der Waals surface area contributed by atoms with E-state index >= 15 is 0 Å². The van der Waals surface area contributed by atoms with Crippen molar-refractivity contribution in [3.05, 3.63) is 64.7 Å². The van der Waals surface area contributed by atoms with Gasteiger partial charge in [-0.1, -0.05) is 37.3 Å². The zero-order valence-electron chi connectivity index (χ0n) is 13.4. The summed E-state index contributed by atoms with van der Waals surface area (Å²) in [5, 5.41) is 3.42. The highest BCUT2D eigenvalue weighted by Gasteiger charge is 2.14. The lowest BCUT2D eigenvalue weighted by Crippen LogP contribution is -2.19. The van der Waals surface area contributed by atoms with Gasteiger partial charge in [-0.25, -0.2) is 0 Å². The molecule has 0 saturated carbocycles. The van der Waals surface area contributed by atoms with Crippen molar-refractivity contribution in [1.82, 2.24) is 5.32 Å². The topological polar surface area (TPSA) is 21.3 Å². The first kappa shape index (κ1) is 15.6. The fourth-order valence-electron chi connectivity index (χ4n) is 2.56. The first-order chi connectivity index (χ1) is 10.2. The number of hydrogen-bond donors (Lipinski definition) is 1.